The van der Waals surface area contributed by atoms with E-state index in [1.165, 1.54) is 4.57 Å². The molecule has 0 saturated carbocycles. The number of benzene rings is 1. The molecular formula is C24H32N4O5. The van der Waals surface area contributed by atoms with Crippen LogP contribution in [0.1, 0.15) is 69.5 Å². The van der Waals surface area contributed by atoms with Crippen molar-refractivity contribution in [2.75, 3.05) is 13.1 Å². The van der Waals surface area contributed by atoms with Gasteiger partial charge in [0.05, 0.1) is 11.0 Å². The summed E-state index contributed by atoms with van der Waals surface area (Å²) in [5.41, 5.74) is 2.88. The second-order valence-corrected chi connectivity index (χ2v) is 10.1. The van der Waals surface area contributed by atoms with E-state index in [2.05, 4.69) is 5.32 Å². The van der Waals surface area contributed by atoms with E-state index in [4.69, 9.17) is 4.74 Å². The van der Waals surface area contributed by atoms with Crippen molar-refractivity contribution in [1.82, 2.24) is 19.4 Å². The van der Waals surface area contributed by atoms with E-state index < -0.39 is 17.6 Å². The number of fused-ring (bicyclic) bond motifs is 1. The summed E-state index contributed by atoms with van der Waals surface area (Å²) in [6.07, 6.45) is 1.74. The van der Waals surface area contributed by atoms with Crippen molar-refractivity contribution in [2.24, 2.45) is 7.05 Å². The van der Waals surface area contributed by atoms with Crippen molar-refractivity contribution in [3.8, 4) is 0 Å². The number of imide groups is 1. The molecule has 3 heterocycles. The van der Waals surface area contributed by atoms with E-state index in [1.807, 2.05) is 39.8 Å². The van der Waals surface area contributed by atoms with Gasteiger partial charge in [0.2, 0.25) is 11.8 Å². The number of aromatic nitrogens is 2. The number of aryl methyl sites for hydroxylation is 2. The summed E-state index contributed by atoms with van der Waals surface area (Å²) in [4.78, 5) is 51.5. The molecular weight excluding hydrogens is 424 g/mol. The predicted octanol–water partition coefficient (Wildman–Crippen LogP) is 2.74. The second kappa shape index (κ2) is 8.35. The zero-order valence-corrected chi connectivity index (χ0v) is 19.9. The lowest BCUT2D eigenvalue weighted by Gasteiger charge is -2.34. The summed E-state index contributed by atoms with van der Waals surface area (Å²) in [6, 6.07) is 3.16. The molecule has 33 heavy (non-hydrogen) atoms. The summed E-state index contributed by atoms with van der Waals surface area (Å²) in [6.45, 7) is 8.76. The third-order valence-corrected chi connectivity index (χ3v) is 6.58. The lowest BCUT2D eigenvalue weighted by atomic mass is 9.86. The molecule has 1 aromatic carbocycles. The number of ether oxygens (including phenoxy) is 1. The standard InChI is InChI=1S/C24H32N4O5/c1-14-6-7-16-20(26(5)22(31)28(16)17-8-9-18(29)25-21(17)30)19(14)15-10-12-27(13-11-15)23(32)33-24(2,3)4/h6-7,15,17H,8-13H2,1-5H3,(H,25,29,30). The second-order valence-electron chi connectivity index (χ2n) is 10.1. The molecule has 1 atom stereocenters. The molecule has 1 N–H and O–H groups in total. The van der Waals surface area contributed by atoms with Gasteiger partial charge in [0.15, 0.2) is 0 Å². The number of imidazole rings is 1. The van der Waals surface area contributed by atoms with Gasteiger partial charge in [-0.25, -0.2) is 9.59 Å². The summed E-state index contributed by atoms with van der Waals surface area (Å²) < 4.78 is 8.65. The fourth-order valence-electron chi connectivity index (χ4n) is 5.03. The highest BCUT2D eigenvalue weighted by Crippen LogP contribution is 2.36. The molecule has 2 aliphatic rings. The van der Waals surface area contributed by atoms with E-state index in [9.17, 15) is 19.2 Å². The summed E-state index contributed by atoms with van der Waals surface area (Å²) >= 11 is 0. The highest BCUT2D eigenvalue weighted by atomic mass is 16.6. The predicted molar refractivity (Wildman–Crippen MR) is 123 cm³/mol. The van der Waals surface area contributed by atoms with Crippen LogP contribution in [0.4, 0.5) is 4.79 Å². The molecule has 9 heteroatoms. The van der Waals surface area contributed by atoms with Gasteiger partial charge in [0.1, 0.15) is 11.6 Å². The lowest BCUT2D eigenvalue weighted by Crippen LogP contribution is -2.44. The Morgan fingerprint density at radius 2 is 1.76 bits per heavy atom. The fraction of sp³-hybridized carbons (Fsp3) is 0.583. The van der Waals surface area contributed by atoms with Crippen LogP contribution >= 0.6 is 0 Å². The molecule has 0 radical (unpaired) electrons. The SMILES string of the molecule is Cc1ccc2c(c1C1CCN(C(=O)OC(C)(C)C)CC1)n(C)c(=O)n2C1CCC(=O)NC1=O. The third-order valence-electron chi connectivity index (χ3n) is 6.58. The highest BCUT2D eigenvalue weighted by molar-refractivity contribution is 6.00. The number of nitrogens with zero attached hydrogens (tertiary/aromatic N) is 3. The van der Waals surface area contributed by atoms with E-state index in [0.717, 1.165) is 29.5 Å². The monoisotopic (exact) mass is 456 g/mol. The zero-order valence-electron chi connectivity index (χ0n) is 19.9. The Labute approximate surface area is 192 Å². The maximum Gasteiger partial charge on any atom is 0.410 e. The van der Waals surface area contributed by atoms with E-state index in [0.29, 0.717) is 25.0 Å². The molecule has 2 saturated heterocycles. The van der Waals surface area contributed by atoms with Crippen LogP contribution in [0.3, 0.4) is 0 Å². The minimum atomic E-state index is -0.705. The number of nitrogens with one attached hydrogen (secondary N) is 1. The maximum absolute atomic E-state index is 13.2. The third kappa shape index (κ3) is 4.28. The Bertz CT molecular complexity index is 1180. The largest absolute Gasteiger partial charge is 0.444 e. The van der Waals surface area contributed by atoms with Gasteiger partial charge in [0.25, 0.3) is 0 Å². The molecule has 9 nitrogen and oxygen atoms in total. The average molecular weight is 457 g/mol. The number of carbonyl (C=O) groups excluding carboxylic acids is 3. The number of hydrogen-bond acceptors (Lipinski definition) is 5. The average Bonchev–Trinajstić information content (AvgIpc) is 2.98. The molecule has 2 aliphatic heterocycles. The van der Waals surface area contributed by atoms with Crippen LogP contribution in [0.2, 0.25) is 0 Å². The van der Waals surface area contributed by atoms with Crippen LogP contribution in [-0.2, 0) is 21.4 Å². The van der Waals surface area contributed by atoms with Gasteiger partial charge in [-0.3, -0.25) is 24.0 Å². The van der Waals surface area contributed by atoms with Crippen molar-refractivity contribution in [3.63, 3.8) is 0 Å². The Morgan fingerprint density at radius 3 is 2.36 bits per heavy atom. The van der Waals surface area contributed by atoms with Crippen LogP contribution in [0.15, 0.2) is 16.9 Å². The number of hydrogen-bond donors (Lipinski definition) is 1. The minimum absolute atomic E-state index is 0.176. The van der Waals surface area contributed by atoms with E-state index in [1.54, 1.807) is 16.5 Å². The first-order valence-electron chi connectivity index (χ1n) is 11.5. The summed E-state index contributed by atoms with van der Waals surface area (Å²) in [5.74, 6) is -0.568. The Hall–Kier alpha value is -3.10. The zero-order chi connectivity index (χ0) is 24.1. The van der Waals surface area contributed by atoms with Crippen molar-refractivity contribution in [3.05, 3.63) is 33.7 Å². The number of likely N-dealkylation sites (tertiary alicyclic amines) is 1. The molecule has 3 amide bonds. The Balaban J connectivity index is 1.67. The maximum atomic E-state index is 13.2. The highest BCUT2D eigenvalue weighted by Gasteiger charge is 2.34. The lowest BCUT2D eigenvalue weighted by molar-refractivity contribution is -0.135. The van der Waals surface area contributed by atoms with Crippen LogP contribution < -0.4 is 11.0 Å². The summed E-state index contributed by atoms with van der Waals surface area (Å²) in [5, 5.41) is 2.35. The van der Waals surface area contributed by atoms with Crippen molar-refractivity contribution >= 4 is 28.9 Å². The molecule has 1 aromatic heterocycles. The first-order valence-corrected chi connectivity index (χ1v) is 11.5. The van der Waals surface area contributed by atoms with Gasteiger partial charge in [-0.1, -0.05) is 6.07 Å². The van der Waals surface area contributed by atoms with Gasteiger partial charge in [-0.15, -0.1) is 0 Å². The summed E-state index contributed by atoms with van der Waals surface area (Å²) in [7, 11) is 1.73. The topological polar surface area (TPSA) is 103 Å². The van der Waals surface area contributed by atoms with Crippen LogP contribution in [0.25, 0.3) is 11.0 Å². The van der Waals surface area contributed by atoms with Gasteiger partial charge >= 0.3 is 11.8 Å². The first kappa shape index (κ1) is 23.1. The molecule has 4 rings (SSSR count). The molecule has 2 aromatic rings. The van der Waals surface area contributed by atoms with Crippen molar-refractivity contribution < 1.29 is 19.1 Å². The molecule has 178 valence electrons. The molecule has 0 bridgehead atoms. The normalized spacial score (nSPS) is 20.3. The quantitative estimate of drug-likeness (QED) is 0.700. The number of amides is 3. The smallest absolute Gasteiger partial charge is 0.410 e. The van der Waals surface area contributed by atoms with Crippen LogP contribution in [0.5, 0.6) is 0 Å². The minimum Gasteiger partial charge on any atom is -0.444 e. The number of piperidine rings is 2. The Morgan fingerprint density at radius 1 is 1.09 bits per heavy atom. The molecule has 1 unspecified atom stereocenters. The van der Waals surface area contributed by atoms with Gasteiger partial charge < -0.3 is 9.64 Å². The van der Waals surface area contributed by atoms with E-state index >= 15 is 0 Å². The van der Waals surface area contributed by atoms with Crippen LogP contribution in [-0.4, -0.2) is 50.6 Å². The van der Waals surface area contributed by atoms with Crippen molar-refractivity contribution in [1.29, 1.82) is 0 Å². The van der Waals surface area contributed by atoms with Gasteiger partial charge in [-0.2, -0.15) is 0 Å². The van der Waals surface area contributed by atoms with Crippen molar-refractivity contribution in [2.45, 2.75) is 70.9 Å². The van der Waals surface area contributed by atoms with E-state index in [-0.39, 0.29) is 30.0 Å². The number of rotatable bonds is 2. The molecule has 0 aliphatic carbocycles. The molecule has 0 spiro atoms. The fourth-order valence-corrected chi connectivity index (χ4v) is 5.03. The number of carbonyl (C=O) groups is 3. The Kier molecular flexibility index (Phi) is 5.84. The first-order chi connectivity index (χ1) is 15.5. The van der Waals surface area contributed by atoms with Gasteiger partial charge in [0, 0.05) is 26.6 Å². The molecule has 2 fully saturated rings. The van der Waals surface area contributed by atoms with Crippen LogP contribution in [0, 0.1) is 6.92 Å². The van der Waals surface area contributed by atoms with Gasteiger partial charge in [-0.05, 0) is 70.1 Å².